The number of amides is 3. The largest absolute Gasteiger partial charge is 0.343 e. The molecule has 2 heterocycles. The minimum Gasteiger partial charge on any atom is -0.343 e. The minimum atomic E-state index is -0.0195. The molecule has 1 saturated carbocycles. The van der Waals surface area contributed by atoms with E-state index in [0.717, 1.165) is 62.9 Å². The molecule has 156 valence electrons. The van der Waals surface area contributed by atoms with Crippen LogP contribution < -0.4 is 5.32 Å². The third-order valence-corrected chi connectivity index (χ3v) is 6.82. The number of thiazole rings is 1. The third kappa shape index (κ3) is 5.46. The molecule has 1 aromatic heterocycles. The fourth-order valence-corrected chi connectivity index (χ4v) is 5.11. The van der Waals surface area contributed by atoms with Crippen molar-refractivity contribution < 1.29 is 9.59 Å². The molecule has 1 aliphatic heterocycles. The molecule has 0 aromatic carbocycles. The zero-order chi connectivity index (χ0) is 19.9. The summed E-state index contributed by atoms with van der Waals surface area (Å²) >= 11 is 1.51. The Morgan fingerprint density at radius 1 is 1.18 bits per heavy atom. The van der Waals surface area contributed by atoms with Gasteiger partial charge in [0.25, 0.3) is 0 Å². The van der Waals surface area contributed by atoms with Crippen molar-refractivity contribution in [2.75, 3.05) is 18.4 Å². The summed E-state index contributed by atoms with van der Waals surface area (Å²) in [4.78, 5) is 35.0. The van der Waals surface area contributed by atoms with Crippen molar-refractivity contribution in [3.05, 3.63) is 11.1 Å². The lowest BCUT2D eigenvalue weighted by Gasteiger charge is -2.41. The maximum absolute atomic E-state index is 13.1. The van der Waals surface area contributed by atoms with E-state index in [0.29, 0.717) is 17.6 Å². The van der Waals surface area contributed by atoms with Gasteiger partial charge in [0.1, 0.15) is 0 Å². The van der Waals surface area contributed by atoms with Crippen LogP contribution in [0.2, 0.25) is 0 Å². The number of urea groups is 1. The van der Waals surface area contributed by atoms with E-state index in [2.05, 4.69) is 22.1 Å². The van der Waals surface area contributed by atoms with Crippen LogP contribution in [-0.2, 0) is 4.79 Å². The Morgan fingerprint density at radius 3 is 2.46 bits per heavy atom. The van der Waals surface area contributed by atoms with E-state index in [1.807, 2.05) is 11.8 Å². The summed E-state index contributed by atoms with van der Waals surface area (Å²) in [6.45, 7) is 5.69. The molecule has 7 heteroatoms. The second-order valence-corrected chi connectivity index (χ2v) is 9.36. The van der Waals surface area contributed by atoms with Crippen LogP contribution in [0.25, 0.3) is 0 Å². The lowest BCUT2D eigenvalue weighted by atomic mass is 10.00. The van der Waals surface area contributed by atoms with Gasteiger partial charge in [-0.1, -0.05) is 32.6 Å². The number of rotatable bonds is 7. The molecule has 2 aliphatic rings. The number of piperidine rings is 1. The lowest BCUT2D eigenvalue weighted by molar-refractivity contribution is -0.132. The predicted octanol–water partition coefficient (Wildman–Crippen LogP) is 4.80. The smallest absolute Gasteiger partial charge is 0.324 e. The molecule has 3 amide bonds. The van der Waals surface area contributed by atoms with Gasteiger partial charge >= 0.3 is 6.03 Å². The van der Waals surface area contributed by atoms with E-state index in [4.69, 9.17) is 0 Å². The molecule has 2 fully saturated rings. The van der Waals surface area contributed by atoms with Gasteiger partial charge in [-0.2, -0.15) is 0 Å². The molecule has 1 N–H and O–H groups in total. The normalized spacial score (nSPS) is 18.4. The van der Waals surface area contributed by atoms with Gasteiger partial charge in [0.2, 0.25) is 5.91 Å². The second-order valence-electron chi connectivity index (χ2n) is 8.12. The van der Waals surface area contributed by atoms with E-state index in [1.165, 1.54) is 24.2 Å². The number of unbranched alkanes of at least 4 members (excludes halogenated alkanes) is 2. The third-order valence-electron chi connectivity index (χ3n) is 5.99. The Labute approximate surface area is 172 Å². The standard InChI is InChI=1S/C21H34N4O2S/c1-3-4-5-10-19(26)24-13-11-18(12-14-24)25(17-8-6-7-9-17)21(27)23-20-22-15-16(2)28-20/h15,17-18H,3-14H2,1-2H3,(H,22,23,27). The first-order valence-corrected chi connectivity index (χ1v) is 11.7. The molecular formula is C21H34N4O2S. The number of aryl methyl sites for hydroxylation is 1. The van der Waals surface area contributed by atoms with E-state index in [9.17, 15) is 9.59 Å². The van der Waals surface area contributed by atoms with Gasteiger partial charge in [0.05, 0.1) is 0 Å². The summed E-state index contributed by atoms with van der Waals surface area (Å²) in [5.41, 5.74) is 0. The molecule has 0 unspecified atom stereocenters. The summed E-state index contributed by atoms with van der Waals surface area (Å²) in [5.74, 6) is 0.280. The van der Waals surface area contributed by atoms with Gasteiger partial charge in [-0.3, -0.25) is 10.1 Å². The van der Waals surface area contributed by atoms with Crippen molar-refractivity contribution >= 4 is 28.4 Å². The Kier molecular flexibility index (Phi) is 7.71. The highest BCUT2D eigenvalue weighted by molar-refractivity contribution is 7.15. The van der Waals surface area contributed by atoms with Crippen LogP contribution in [0.5, 0.6) is 0 Å². The van der Waals surface area contributed by atoms with Crippen LogP contribution in [0.4, 0.5) is 9.93 Å². The minimum absolute atomic E-state index is 0.0195. The van der Waals surface area contributed by atoms with E-state index in [1.54, 1.807) is 6.20 Å². The van der Waals surface area contributed by atoms with Crippen molar-refractivity contribution in [1.29, 1.82) is 0 Å². The SMILES string of the molecule is CCCCCC(=O)N1CCC(N(C(=O)Nc2ncc(C)s2)C2CCCC2)CC1. The Balaban J connectivity index is 1.58. The van der Waals surface area contributed by atoms with Crippen LogP contribution in [0.1, 0.15) is 76.0 Å². The monoisotopic (exact) mass is 406 g/mol. The highest BCUT2D eigenvalue weighted by atomic mass is 32.1. The quantitative estimate of drug-likeness (QED) is 0.662. The van der Waals surface area contributed by atoms with Gasteiger partial charge in [-0.15, -0.1) is 11.3 Å². The number of nitrogens with one attached hydrogen (secondary N) is 1. The first-order valence-electron chi connectivity index (χ1n) is 10.9. The van der Waals surface area contributed by atoms with E-state index in [-0.39, 0.29) is 18.0 Å². The molecule has 0 radical (unpaired) electrons. The molecular weight excluding hydrogens is 372 g/mol. The maximum Gasteiger partial charge on any atom is 0.324 e. The Hall–Kier alpha value is -1.63. The summed E-state index contributed by atoms with van der Waals surface area (Å²) in [6, 6.07) is 0.510. The van der Waals surface area contributed by atoms with E-state index >= 15 is 0 Å². The van der Waals surface area contributed by atoms with Gasteiger partial charge < -0.3 is 9.80 Å². The zero-order valence-electron chi connectivity index (χ0n) is 17.3. The first-order chi connectivity index (χ1) is 13.6. The number of nitrogens with zero attached hydrogens (tertiary/aromatic N) is 3. The average Bonchev–Trinajstić information content (AvgIpc) is 3.35. The van der Waals surface area contributed by atoms with Crippen molar-refractivity contribution in [2.24, 2.45) is 0 Å². The van der Waals surface area contributed by atoms with Gasteiger partial charge in [0.15, 0.2) is 5.13 Å². The molecule has 28 heavy (non-hydrogen) atoms. The zero-order valence-corrected chi connectivity index (χ0v) is 18.1. The van der Waals surface area contributed by atoms with Crippen molar-refractivity contribution in [3.63, 3.8) is 0 Å². The van der Waals surface area contributed by atoms with Crippen LogP contribution in [-0.4, -0.2) is 51.9 Å². The summed E-state index contributed by atoms with van der Waals surface area (Å²) in [5, 5.41) is 3.69. The second kappa shape index (κ2) is 10.2. The first kappa shape index (κ1) is 21.1. The summed E-state index contributed by atoms with van der Waals surface area (Å²) < 4.78 is 0. The fraction of sp³-hybridized carbons (Fsp3) is 0.762. The number of anilines is 1. The molecule has 1 aliphatic carbocycles. The van der Waals surface area contributed by atoms with Gasteiger partial charge in [0, 0.05) is 42.7 Å². The number of hydrogen-bond acceptors (Lipinski definition) is 4. The molecule has 1 saturated heterocycles. The maximum atomic E-state index is 13.1. The Bertz CT molecular complexity index is 649. The molecule has 6 nitrogen and oxygen atoms in total. The molecule has 0 spiro atoms. The highest BCUT2D eigenvalue weighted by Crippen LogP contribution is 2.30. The summed E-state index contributed by atoms with van der Waals surface area (Å²) in [6.07, 6.45) is 12.0. The average molecular weight is 407 g/mol. The van der Waals surface area contributed by atoms with Gasteiger partial charge in [-0.25, -0.2) is 9.78 Å². The van der Waals surface area contributed by atoms with Crippen LogP contribution >= 0.6 is 11.3 Å². The topological polar surface area (TPSA) is 65.5 Å². The number of carbonyl (C=O) groups is 2. The number of aromatic nitrogens is 1. The van der Waals surface area contributed by atoms with Crippen molar-refractivity contribution in [2.45, 2.75) is 90.1 Å². The van der Waals surface area contributed by atoms with E-state index < -0.39 is 0 Å². The molecule has 3 rings (SSSR count). The molecule has 1 aromatic rings. The highest BCUT2D eigenvalue weighted by Gasteiger charge is 2.35. The number of likely N-dealkylation sites (tertiary alicyclic amines) is 1. The van der Waals surface area contributed by atoms with Crippen LogP contribution in [0.3, 0.4) is 0 Å². The molecule has 0 atom stereocenters. The Morgan fingerprint density at radius 2 is 1.86 bits per heavy atom. The fourth-order valence-electron chi connectivity index (χ4n) is 4.46. The summed E-state index contributed by atoms with van der Waals surface area (Å²) in [7, 11) is 0. The number of hydrogen-bond donors (Lipinski definition) is 1. The van der Waals surface area contributed by atoms with Crippen LogP contribution in [0, 0.1) is 6.92 Å². The van der Waals surface area contributed by atoms with Crippen molar-refractivity contribution in [3.8, 4) is 0 Å². The lowest BCUT2D eigenvalue weighted by Crippen LogP contribution is -2.53. The van der Waals surface area contributed by atoms with Gasteiger partial charge in [-0.05, 0) is 39.0 Å². The van der Waals surface area contributed by atoms with Crippen LogP contribution in [0.15, 0.2) is 6.20 Å². The predicted molar refractivity (Wildman–Crippen MR) is 114 cm³/mol. The molecule has 0 bridgehead atoms. The van der Waals surface area contributed by atoms with Crippen molar-refractivity contribution in [1.82, 2.24) is 14.8 Å². The number of carbonyl (C=O) groups excluding carboxylic acids is 2.